The number of carboxylic acids is 1. The number of ether oxygens (including phenoxy) is 3. The number of carboxylic acid groups (broad SMARTS) is 1. The normalized spacial score (nSPS) is 11.5. The highest BCUT2D eigenvalue weighted by Gasteiger charge is 2.22. The first-order valence-electron chi connectivity index (χ1n) is 7.72. The molecule has 0 amide bonds. The van der Waals surface area contributed by atoms with Crippen molar-refractivity contribution in [3.8, 4) is 5.75 Å². The lowest BCUT2D eigenvalue weighted by Gasteiger charge is -2.22. The maximum Gasteiger partial charge on any atom is 0.335 e. The zero-order valence-electron chi connectivity index (χ0n) is 14.1. The summed E-state index contributed by atoms with van der Waals surface area (Å²) in [4.78, 5) is 11.3. The molecule has 0 fully saturated rings. The van der Waals surface area contributed by atoms with Crippen molar-refractivity contribution in [2.45, 2.75) is 26.2 Å². The van der Waals surface area contributed by atoms with E-state index in [0.717, 1.165) is 5.56 Å². The first kappa shape index (κ1) is 19.4. The van der Waals surface area contributed by atoms with E-state index in [2.05, 4.69) is 0 Å². The SMILES string of the molecule is CC(C)(C)c1cc(OCCOCCOCCN)ccc1C(=O)O. The van der Waals surface area contributed by atoms with Gasteiger partial charge in [-0.15, -0.1) is 0 Å². The van der Waals surface area contributed by atoms with Crippen molar-refractivity contribution < 1.29 is 24.1 Å². The Labute approximate surface area is 137 Å². The van der Waals surface area contributed by atoms with E-state index in [-0.39, 0.29) is 5.41 Å². The minimum atomic E-state index is -0.928. The summed E-state index contributed by atoms with van der Waals surface area (Å²) < 4.78 is 16.2. The summed E-state index contributed by atoms with van der Waals surface area (Å²) >= 11 is 0. The minimum absolute atomic E-state index is 0.274. The lowest BCUT2D eigenvalue weighted by Crippen LogP contribution is -2.17. The third kappa shape index (κ3) is 6.99. The number of rotatable bonds is 10. The molecule has 0 spiro atoms. The molecule has 6 heteroatoms. The van der Waals surface area contributed by atoms with Gasteiger partial charge in [-0.3, -0.25) is 0 Å². The Balaban J connectivity index is 2.47. The van der Waals surface area contributed by atoms with Gasteiger partial charge in [0.15, 0.2) is 0 Å². The van der Waals surface area contributed by atoms with Gasteiger partial charge in [-0.1, -0.05) is 20.8 Å². The third-order valence-corrected chi connectivity index (χ3v) is 3.16. The van der Waals surface area contributed by atoms with Gasteiger partial charge in [0.05, 0.1) is 32.0 Å². The van der Waals surface area contributed by atoms with E-state index in [0.29, 0.717) is 50.9 Å². The second kappa shape index (κ2) is 9.50. The van der Waals surface area contributed by atoms with Crippen LogP contribution in [0.4, 0.5) is 0 Å². The predicted molar refractivity (Wildman–Crippen MR) is 88.3 cm³/mol. The molecule has 0 aliphatic heterocycles. The summed E-state index contributed by atoms with van der Waals surface area (Å²) in [5.41, 5.74) is 6.08. The molecule has 0 aromatic heterocycles. The van der Waals surface area contributed by atoms with Crippen LogP contribution in [0, 0.1) is 0 Å². The fourth-order valence-electron chi connectivity index (χ4n) is 2.04. The number of aromatic carboxylic acids is 1. The molecule has 0 unspecified atom stereocenters. The average molecular weight is 325 g/mol. The summed E-state index contributed by atoms with van der Waals surface area (Å²) in [6, 6.07) is 5.04. The van der Waals surface area contributed by atoms with Crippen LogP contribution < -0.4 is 10.5 Å². The Hall–Kier alpha value is -1.63. The molecule has 0 saturated carbocycles. The fourth-order valence-corrected chi connectivity index (χ4v) is 2.04. The molecule has 1 rings (SSSR count). The van der Waals surface area contributed by atoms with Gasteiger partial charge in [0.2, 0.25) is 0 Å². The largest absolute Gasteiger partial charge is 0.491 e. The van der Waals surface area contributed by atoms with Crippen molar-refractivity contribution >= 4 is 5.97 Å². The molecular weight excluding hydrogens is 298 g/mol. The van der Waals surface area contributed by atoms with Gasteiger partial charge in [0.1, 0.15) is 12.4 Å². The van der Waals surface area contributed by atoms with Crippen molar-refractivity contribution in [3.05, 3.63) is 29.3 Å². The summed E-state index contributed by atoms with van der Waals surface area (Å²) in [7, 11) is 0. The Morgan fingerprint density at radius 1 is 1.09 bits per heavy atom. The second-order valence-electron chi connectivity index (χ2n) is 6.12. The molecular formula is C17H27NO5. The van der Waals surface area contributed by atoms with Crippen LogP contribution >= 0.6 is 0 Å². The van der Waals surface area contributed by atoms with E-state index < -0.39 is 5.97 Å². The van der Waals surface area contributed by atoms with Crippen molar-refractivity contribution in [1.29, 1.82) is 0 Å². The fraction of sp³-hybridized carbons (Fsp3) is 0.588. The highest BCUT2D eigenvalue weighted by atomic mass is 16.5. The highest BCUT2D eigenvalue weighted by molar-refractivity contribution is 5.90. The monoisotopic (exact) mass is 325 g/mol. The number of hydrogen-bond acceptors (Lipinski definition) is 5. The molecule has 0 heterocycles. The van der Waals surface area contributed by atoms with Crippen LogP contribution in [0.3, 0.4) is 0 Å². The third-order valence-electron chi connectivity index (χ3n) is 3.16. The van der Waals surface area contributed by atoms with Crippen molar-refractivity contribution in [3.63, 3.8) is 0 Å². The maximum absolute atomic E-state index is 11.3. The van der Waals surface area contributed by atoms with E-state index >= 15 is 0 Å². The molecule has 130 valence electrons. The van der Waals surface area contributed by atoms with E-state index in [4.69, 9.17) is 19.9 Å². The zero-order chi connectivity index (χ0) is 17.3. The van der Waals surface area contributed by atoms with Gasteiger partial charge in [0, 0.05) is 6.54 Å². The Kier molecular flexibility index (Phi) is 8.02. The molecule has 0 aliphatic rings. The van der Waals surface area contributed by atoms with Gasteiger partial charge >= 0.3 is 5.97 Å². The first-order valence-corrected chi connectivity index (χ1v) is 7.72. The van der Waals surface area contributed by atoms with Crippen LogP contribution in [0.25, 0.3) is 0 Å². The van der Waals surface area contributed by atoms with Crippen LogP contribution in [-0.2, 0) is 14.9 Å². The maximum atomic E-state index is 11.3. The summed E-state index contributed by atoms with van der Waals surface area (Å²) in [6.45, 7) is 8.81. The smallest absolute Gasteiger partial charge is 0.335 e. The molecule has 0 saturated heterocycles. The van der Waals surface area contributed by atoms with E-state index in [1.165, 1.54) is 0 Å². The Morgan fingerprint density at radius 2 is 1.70 bits per heavy atom. The summed E-state index contributed by atoms with van der Waals surface area (Å²) in [5, 5.41) is 9.27. The number of nitrogens with two attached hydrogens (primary N) is 1. The predicted octanol–water partition coefficient (Wildman–Crippen LogP) is 2.05. The molecule has 1 aromatic carbocycles. The van der Waals surface area contributed by atoms with Crippen molar-refractivity contribution in [1.82, 2.24) is 0 Å². The van der Waals surface area contributed by atoms with E-state index in [1.54, 1.807) is 18.2 Å². The molecule has 3 N–H and O–H groups in total. The minimum Gasteiger partial charge on any atom is -0.491 e. The van der Waals surface area contributed by atoms with E-state index in [1.807, 2.05) is 20.8 Å². The second-order valence-corrected chi connectivity index (χ2v) is 6.12. The molecule has 1 aromatic rings. The average Bonchev–Trinajstić information content (AvgIpc) is 2.48. The van der Waals surface area contributed by atoms with Crippen LogP contribution in [0.5, 0.6) is 5.75 Å². The molecule has 6 nitrogen and oxygen atoms in total. The van der Waals surface area contributed by atoms with Crippen molar-refractivity contribution in [2.75, 3.05) is 39.6 Å². The quantitative estimate of drug-likeness (QED) is 0.640. The summed E-state index contributed by atoms with van der Waals surface area (Å²) in [6.07, 6.45) is 0. The molecule has 0 bridgehead atoms. The standard InChI is InChI=1S/C17H27NO5/c1-17(2,3)15-12-13(4-5-14(15)16(19)20)23-11-10-22-9-8-21-7-6-18/h4-5,12H,6-11,18H2,1-3H3,(H,19,20). The van der Waals surface area contributed by atoms with Gasteiger partial charge in [-0.2, -0.15) is 0 Å². The van der Waals surface area contributed by atoms with Crippen LogP contribution in [0.2, 0.25) is 0 Å². The van der Waals surface area contributed by atoms with Gasteiger partial charge in [-0.05, 0) is 29.2 Å². The Morgan fingerprint density at radius 3 is 2.26 bits per heavy atom. The first-order chi connectivity index (χ1) is 10.9. The summed E-state index contributed by atoms with van der Waals surface area (Å²) in [5.74, 6) is -0.287. The highest BCUT2D eigenvalue weighted by Crippen LogP contribution is 2.29. The van der Waals surface area contributed by atoms with Gasteiger partial charge < -0.3 is 25.1 Å². The lowest BCUT2D eigenvalue weighted by atomic mass is 9.83. The van der Waals surface area contributed by atoms with Gasteiger partial charge in [0.25, 0.3) is 0 Å². The van der Waals surface area contributed by atoms with Gasteiger partial charge in [-0.25, -0.2) is 4.79 Å². The van der Waals surface area contributed by atoms with Crippen LogP contribution in [0.15, 0.2) is 18.2 Å². The van der Waals surface area contributed by atoms with Crippen LogP contribution in [-0.4, -0.2) is 50.7 Å². The molecule has 0 atom stereocenters. The lowest BCUT2D eigenvalue weighted by molar-refractivity contribution is 0.0388. The molecule has 0 aliphatic carbocycles. The van der Waals surface area contributed by atoms with Crippen LogP contribution in [0.1, 0.15) is 36.7 Å². The molecule has 0 radical (unpaired) electrons. The number of carbonyl (C=O) groups is 1. The van der Waals surface area contributed by atoms with Crippen molar-refractivity contribution in [2.24, 2.45) is 5.73 Å². The molecule has 23 heavy (non-hydrogen) atoms. The number of benzene rings is 1. The topological polar surface area (TPSA) is 91.0 Å². The Bertz CT molecular complexity index is 496. The zero-order valence-corrected chi connectivity index (χ0v) is 14.1. The van der Waals surface area contributed by atoms with E-state index in [9.17, 15) is 9.90 Å². The number of hydrogen-bond donors (Lipinski definition) is 2.